The fraction of sp³-hybridized carbons (Fsp3) is 0.164. The first-order valence-corrected chi connectivity index (χ1v) is 21.5. The van der Waals surface area contributed by atoms with Gasteiger partial charge in [-0.05, 0) is 135 Å². The summed E-state index contributed by atoms with van der Waals surface area (Å²) in [7, 11) is 0. The molecule has 1 fully saturated rings. The summed E-state index contributed by atoms with van der Waals surface area (Å²) in [6.45, 7) is 4.88. The van der Waals surface area contributed by atoms with Crippen molar-refractivity contribution in [1.82, 2.24) is 0 Å². The maximum atomic E-state index is 7.04. The largest absolute Gasteiger partial charge is 0.458 e. The lowest BCUT2D eigenvalue weighted by Crippen LogP contribution is -2.59. The molecule has 1 saturated carbocycles. The maximum Gasteiger partial charge on any atom is 0.256 e. The van der Waals surface area contributed by atoms with Crippen molar-refractivity contribution in [1.29, 1.82) is 0 Å². The first-order chi connectivity index (χ1) is 29.0. The molecule has 2 heterocycles. The third kappa shape index (κ3) is 5.21. The number of hydrogen-bond acceptors (Lipinski definition) is 3. The molecule has 4 heteroatoms. The molecule has 4 aliphatic rings. The fourth-order valence-electron chi connectivity index (χ4n) is 11.1. The van der Waals surface area contributed by atoms with Gasteiger partial charge in [-0.1, -0.05) is 136 Å². The Labute approximate surface area is 347 Å². The Kier molecular flexibility index (Phi) is 7.76. The second kappa shape index (κ2) is 13.3. The summed E-state index contributed by atoms with van der Waals surface area (Å²) in [6, 6.07) is 63.0. The Morgan fingerprint density at radius 3 is 2.05 bits per heavy atom. The van der Waals surface area contributed by atoms with Crippen molar-refractivity contribution < 1.29 is 4.74 Å². The minimum Gasteiger partial charge on any atom is -0.458 e. The van der Waals surface area contributed by atoms with Crippen molar-refractivity contribution in [3.8, 4) is 22.6 Å². The Bertz CT molecular complexity index is 2930. The van der Waals surface area contributed by atoms with E-state index in [1.165, 1.54) is 110 Å². The van der Waals surface area contributed by atoms with Crippen LogP contribution in [0.2, 0.25) is 0 Å². The van der Waals surface area contributed by atoms with Crippen molar-refractivity contribution >= 4 is 68.0 Å². The number of anilines is 6. The Morgan fingerprint density at radius 1 is 0.576 bits per heavy atom. The predicted octanol–water partition coefficient (Wildman–Crippen LogP) is 13.1. The van der Waals surface area contributed by atoms with Crippen LogP contribution >= 0.6 is 0 Å². The van der Waals surface area contributed by atoms with Crippen LogP contribution in [0.3, 0.4) is 0 Å². The smallest absolute Gasteiger partial charge is 0.256 e. The van der Waals surface area contributed by atoms with Gasteiger partial charge in [-0.2, -0.15) is 0 Å². The highest BCUT2D eigenvalue weighted by Gasteiger charge is 2.45. The van der Waals surface area contributed by atoms with E-state index < -0.39 is 0 Å². The van der Waals surface area contributed by atoms with Crippen molar-refractivity contribution in [2.45, 2.75) is 57.3 Å². The Balaban J connectivity index is 1.03. The first-order valence-electron chi connectivity index (χ1n) is 21.5. The van der Waals surface area contributed by atoms with Crippen LogP contribution in [0.25, 0.3) is 21.9 Å². The highest BCUT2D eigenvalue weighted by molar-refractivity contribution is 6.99. The van der Waals surface area contributed by atoms with E-state index >= 15 is 0 Å². The SMILES string of the molecule is CC1(C)c2cc3c(cc2-c2c1cc(N(c1ccccc1)c1ccc(C4CCCCC4)cc1)c1ccccc21)Oc1cccc2c1B3c1ccccc1N2c1ccccc1. The number of nitrogens with zero attached hydrogens (tertiary/aromatic N) is 2. The molecule has 0 radical (unpaired) electrons. The standard InChI is InChI=1S/C55H45BN2O/c1-55(2)44-34-47-52(59-51-28-16-27-49-54(51)56(47)46-25-14-15-26-48(46)58(49)39-21-10-5-11-22-39)33-43(44)53-42-24-13-12-23-41(42)50(35-45(53)55)57(38-19-8-4-9-20-38)40-31-29-37(30-32-40)36-17-6-3-7-18-36/h4-5,8-16,19-36H,3,6-7,17-18H2,1-2H3. The molecule has 284 valence electrons. The van der Waals surface area contributed by atoms with Gasteiger partial charge < -0.3 is 14.5 Å². The molecule has 3 nitrogen and oxygen atoms in total. The van der Waals surface area contributed by atoms with Crippen molar-refractivity contribution in [2.24, 2.45) is 0 Å². The average molecular weight is 761 g/mol. The molecule has 0 bridgehead atoms. The monoisotopic (exact) mass is 760 g/mol. The highest BCUT2D eigenvalue weighted by Crippen LogP contribution is 2.56. The molecule has 12 rings (SSSR count). The van der Waals surface area contributed by atoms with Gasteiger partial charge in [0.1, 0.15) is 11.5 Å². The van der Waals surface area contributed by atoms with Gasteiger partial charge in [-0.25, -0.2) is 0 Å². The van der Waals surface area contributed by atoms with Crippen LogP contribution in [0.4, 0.5) is 34.1 Å². The molecule has 0 unspecified atom stereocenters. The lowest BCUT2D eigenvalue weighted by atomic mass is 9.34. The molecule has 0 N–H and O–H groups in total. The fourth-order valence-corrected chi connectivity index (χ4v) is 11.1. The normalized spacial score (nSPS) is 15.8. The zero-order valence-electron chi connectivity index (χ0n) is 33.7. The van der Waals surface area contributed by atoms with Crippen LogP contribution in [0, 0.1) is 0 Å². The Morgan fingerprint density at radius 2 is 1.25 bits per heavy atom. The van der Waals surface area contributed by atoms with E-state index in [0.717, 1.165) is 22.9 Å². The Hall–Kier alpha value is -6.52. The third-order valence-corrected chi connectivity index (χ3v) is 13.9. The molecule has 59 heavy (non-hydrogen) atoms. The second-order valence-electron chi connectivity index (χ2n) is 17.5. The van der Waals surface area contributed by atoms with Gasteiger partial charge in [0.25, 0.3) is 6.71 Å². The lowest BCUT2D eigenvalue weighted by molar-refractivity contribution is 0.443. The topological polar surface area (TPSA) is 15.7 Å². The minimum atomic E-state index is -0.268. The van der Waals surface area contributed by atoms with Crippen LogP contribution in [0.1, 0.15) is 68.6 Å². The van der Waals surface area contributed by atoms with Crippen LogP contribution in [0.5, 0.6) is 11.5 Å². The van der Waals surface area contributed by atoms with E-state index in [1.807, 2.05) is 0 Å². The van der Waals surface area contributed by atoms with Gasteiger partial charge >= 0.3 is 0 Å². The summed E-state index contributed by atoms with van der Waals surface area (Å²) in [6.07, 6.45) is 6.65. The van der Waals surface area contributed by atoms with Gasteiger partial charge in [0.2, 0.25) is 0 Å². The zero-order chi connectivity index (χ0) is 39.2. The summed E-state index contributed by atoms with van der Waals surface area (Å²) < 4.78 is 7.04. The minimum absolute atomic E-state index is 0.0448. The number of rotatable bonds is 5. The van der Waals surface area contributed by atoms with Crippen LogP contribution in [-0.4, -0.2) is 6.71 Å². The van der Waals surface area contributed by atoms with E-state index in [-0.39, 0.29) is 12.1 Å². The molecule has 0 atom stereocenters. The summed E-state index contributed by atoms with van der Waals surface area (Å²) >= 11 is 0. The number of para-hydroxylation sites is 3. The summed E-state index contributed by atoms with van der Waals surface area (Å²) in [5.74, 6) is 2.55. The number of benzene rings is 8. The van der Waals surface area contributed by atoms with Gasteiger partial charge in [0, 0.05) is 39.2 Å². The molecular weight excluding hydrogens is 715 g/mol. The van der Waals surface area contributed by atoms with E-state index in [0.29, 0.717) is 5.92 Å². The van der Waals surface area contributed by atoms with Gasteiger partial charge in [0.15, 0.2) is 0 Å². The van der Waals surface area contributed by atoms with Gasteiger partial charge in [-0.3, -0.25) is 0 Å². The molecule has 2 aliphatic carbocycles. The molecule has 0 amide bonds. The van der Waals surface area contributed by atoms with Gasteiger partial charge in [-0.15, -0.1) is 0 Å². The molecule has 8 aromatic rings. The van der Waals surface area contributed by atoms with Gasteiger partial charge in [0.05, 0.1) is 5.69 Å². The molecule has 2 aliphatic heterocycles. The maximum absolute atomic E-state index is 7.04. The molecule has 0 saturated heterocycles. The molecule has 0 aromatic heterocycles. The third-order valence-electron chi connectivity index (χ3n) is 13.9. The zero-order valence-corrected chi connectivity index (χ0v) is 33.7. The summed E-state index contributed by atoms with van der Waals surface area (Å²) in [5, 5.41) is 2.51. The second-order valence-corrected chi connectivity index (χ2v) is 17.5. The predicted molar refractivity (Wildman–Crippen MR) is 248 cm³/mol. The van der Waals surface area contributed by atoms with E-state index in [1.54, 1.807) is 0 Å². The van der Waals surface area contributed by atoms with E-state index in [4.69, 9.17) is 4.74 Å². The number of fused-ring (bicyclic) bond motifs is 9. The average Bonchev–Trinajstić information content (AvgIpc) is 3.51. The van der Waals surface area contributed by atoms with Crippen LogP contribution in [-0.2, 0) is 5.41 Å². The molecule has 0 spiro atoms. The van der Waals surface area contributed by atoms with E-state index in [9.17, 15) is 0 Å². The van der Waals surface area contributed by atoms with Crippen LogP contribution < -0.4 is 30.9 Å². The highest BCUT2D eigenvalue weighted by atomic mass is 16.5. The van der Waals surface area contributed by atoms with Crippen molar-refractivity contribution in [3.05, 3.63) is 187 Å². The first kappa shape index (κ1) is 34.5. The molecule has 8 aromatic carbocycles. The number of hydrogen-bond donors (Lipinski definition) is 0. The van der Waals surface area contributed by atoms with Crippen molar-refractivity contribution in [3.63, 3.8) is 0 Å². The van der Waals surface area contributed by atoms with Crippen molar-refractivity contribution in [2.75, 3.05) is 9.80 Å². The number of ether oxygens (including phenoxy) is 1. The molecular formula is C55H45BN2O. The van der Waals surface area contributed by atoms with Crippen LogP contribution in [0.15, 0.2) is 170 Å². The lowest BCUT2D eigenvalue weighted by Gasteiger charge is -2.40. The summed E-state index contributed by atoms with van der Waals surface area (Å²) in [5.41, 5.74) is 17.4. The summed E-state index contributed by atoms with van der Waals surface area (Å²) in [4.78, 5) is 4.89. The quantitative estimate of drug-likeness (QED) is 0.163. The van der Waals surface area contributed by atoms with E-state index in [2.05, 4.69) is 194 Å².